The molecule has 5 nitrogen and oxygen atoms in total. The predicted octanol–water partition coefficient (Wildman–Crippen LogP) is 2.57. The Balaban J connectivity index is 2.31. The topological polar surface area (TPSA) is 87.6 Å². The molecule has 0 N–H and O–H groups in total. The molecule has 0 aliphatic heterocycles. The minimum absolute atomic E-state index is 0.0731. The molecule has 6 heteroatoms. The second-order valence-electron chi connectivity index (χ2n) is 5.37. The molecule has 0 atom stereocenters. The lowest BCUT2D eigenvalue weighted by atomic mass is 9.82. The van der Waals surface area contributed by atoms with Crippen LogP contribution in [-0.2, 0) is 14.6 Å². The van der Waals surface area contributed by atoms with E-state index in [1.54, 1.807) is 18.2 Å². The number of Topliss-reactive ketones (excluding diaryl/α,β-unsaturated/α-hetero) is 1. The highest BCUT2D eigenvalue weighted by atomic mass is 32.2. The quantitative estimate of drug-likeness (QED) is 0.281. The number of ketones is 1. The van der Waals surface area contributed by atoms with Crippen molar-refractivity contribution in [3.05, 3.63) is 60.2 Å². The lowest BCUT2D eigenvalue weighted by Gasteiger charge is -2.22. The lowest BCUT2D eigenvalue weighted by Crippen LogP contribution is -2.30. The fraction of sp³-hybridized carbons (Fsp3) is 0.250. The molecule has 0 fully saturated rings. The van der Waals surface area contributed by atoms with E-state index in [2.05, 4.69) is 4.79 Å². The molecule has 1 aromatic rings. The number of hydrogen-bond acceptors (Lipinski definition) is 3. The van der Waals surface area contributed by atoms with Crippen LogP contribution < -0.4 is 0 Å². The van der Waals surface area contributed by atoms with Gasteiger partial charge in [0.2, 0.25) is 0 Å². The van der Waals surface area contributed by atoms with E-state index in [4.69, 9.17) is 5.53 Å². The first-order chi connectivity index (χ1) is 10.4. The molecular formula is C16H16N2O3S. The van der Waals surface area contributed by atoms with Gasteiger partial charge in [-0.3, -0.25) is 4.79 Å². The smallest absolute Gasteiger partial charge is 0.360 e. The van der Waals surface area contributed by atoms with E-state index in [-0.39, 0.29) is 11.3 Å². The van der Waals surface area contributed by atoms with Gasteiger partial charge in [0.1, 0.15) is 0 Å². The first-order valence-corrected chi connectivity index (χ1v) is 8.28. The summed E-state index contributed by atoms with van der Waals surface area (Å²) in [5.74, 6) is -0.718. The minimum atomic E-state index is -4.13. The highest BCUT2D eigenvalue weighted by Gasteiger charge is 2.39. The third kappa shape index (κ3) is 3.30. The summed E-state index contributed by atoms with van der Waals surface area (Å²) in [5, 5.41) is -0.827. The molecule has 0 spiro atoms. The average molecular weight is 316 g/mol. The van der Waals surface area contributed by atoms with Crippen LogP contribution >= 0.6 is 0 Å². The van der Waals surface area contributed by atoms with E-state index in [0.717, 1.165) is 6.42 Å². The average Bonchev–Trinajstić information content (AvgIpc) is 2.48. The Labute approximate surface area is 129 Å². The van der Waals surface area contributed by atoms with Gasteiger partial charge in [0.05, 0.1) is 4.90 Å². The summed E-state index contributed by atoms with van der Waals surface area (Å²) in [4.78, 5) is 15.0. The summed E-state index contributed by atoms with van der Waals surface area (Å²) < 4.78 is 24.8. The van der Waals surface area contributed by atoms with Crippen LogP contribution in [0.3, 0.4) is 0 Å². The van der Waals surface area contributed by atoms with E-state index in [1.165, 1.54) is 12.1 Å². The zero-order chi connectivity index (χ0) is 16.2. The number of allylic oxidation sites excluding steroid dienone is 4. The van der Waals surface area contributed by atoms with Gasteiger partial charge in [-0.15, -0.1) is 4.79 Å². The van der Waals surface area contributed by atoms with Crippen LogP contribution in [0.1, 0.15) is 19.8 Å². The Hall–Kier alpha value is -2.30. The Kier molecular flexibility index (Phi) is 4.54. The highest BCUT2D eigenvalue weighted by molar-refractivity contribution is 8.08. The van der Waals surface area contributed by atoms with Crippen LogP contribution in [0.15, 0.2) is 59.5 Å². The van der Waals surface area contributed by atoms with E-state index >= 15 is 0 Å². The number of sulfone groups is 1. The SMILES string of the molecule is CC1(CC(=O)C(=[N+]=[N-])S(=O)(=O)c2ccccc2)C=CCC=C1. The van der Waals surface area contributed by atoms with Crippen LogP contribution in [0.2, 0.25) is 0 Å². The molecule has 1 aliphatic rings. The van der Waals surface area contributed by atoms with Crippen molar-refractivity contribution >= 4 is 20.7 Å². The predicted molar refractivity (Wildman–Crippen MR) is 82.9 cm³/mol. The Morgan fingerprint density at radius 3 is 2.36 bits per heavy atom. The minimum Gasteiger partial charge on any atom is -0.360 e. The third-order valence-corrected chi connectivity index (χ3v) is 5.16. The van der Waals surface area contributed by atoms with Crippen LogP contribution in [0.5, 0.6) is 0 Å². The van der Waals surface area contributed by atoms with Crippen molar-refractivity contribution in [2.24, 2.45) is 5.41 Å². The van der Waals surface area contributed by atoms with Gasteiger partial charge in [-0.05, 0) is 18.6 Å². The molecule has 2 rings (SSSR count). The largest absolute Gasteiger partial charge is 0.452 e. The molecule has 1 aromatic carbocycles. The van der Waals surface area contributed by atoms with Crippen LogP contribution in [0, 0.1) is 5.41 Å². The summed E-state index contributed by atoms with van der Waals surface area (Å²) in [6.45, 7) is 1.82. The standard InChI is InChI=1S/C16H16N2O3S/c1-16(10-6-3-7-11-16)12-14(19)15(18-17)22(20,21)13-8-4-2-5-9-13/h2,4-11H,3,12H2,1H3. The van der Waals surface area contributed by atoms with Crippen LogP contribution in [0.25, 0.3) is 5.53 Å². The van der Waals surface area contributed by atoms with E-state index in [9.17, 15) is 13.2 Å². The first kappa shape index (κ1) is 16.1. The van der Waals surface area contributed by atoms with Crippen molar-refractivity contribution in [3.8, 4) is 0 Å². The van der Waals surface area contributed by atoms with Crippen molar-refractivity contribution in [3.63, 3.8) is 0 Å². The Morgan fingerprint density at radius 1 is 1.23 bits per heavy atom. The van der Waals surface area contributed by atoms with E-state index < -0.39 is 26.1 Å². The molecule has 0 unspecified atom stereocenters. The number of benzene rings is 1. The van der Waals surface area contributed by atoms with Gasteiger partial charge in [0.25, 0.3) is 15.6 Å². The molecule has 0 saturated carbocycles. The zero-order valence-corrected chi connectivity index (χ0v) is 13.0. The summed E-state index contributed by atoms with van der Waals surface area (Å²) in [7, 11) is -4.13. The zero-order valence-electron chi connectivity index (χ0n) is 12.1. The van der Waals surface area contributed by atoms with Gasteiger partial charge in [0, 0.05) is 11.8 Å². The third-order valence-electron chi connectivity index (χ3n) is 3.45. The number of carbonyl (C=O) groups excluding carboxylic acids is 1. The first-order valence-electron chi connectivity index (χ1n) is 6.80. The van der Waals surface area contributed by atoms with E-state index in [0.29, 0.717) is 0 Å². The molecule has 0 aromatic heterocycles. The van der Waals surface area contributed by atoms with Gasteiger partial charge in [-0.1, -0.05) is 49.4 Å². The molecule has 114 valence electrons. The van der Waals surface area contributed by atoms with Gasteiger partial charge < -0.3 is 5.53 Å². The maximum atomic E-state index is 12.4. The molecule has 0 heterocycles. The van der Waals surface area contributed by atoms with Crippen LogP contribution in [-0.4, -0.2) is 24.0 Å². The van der Waals surface area contributed by atoms with Crippen molar-refractivity contribution in [2.75, 3.05) is 0 Å². The van der Waals surface area contributed by atoms with Crippen LogP contribution in [0.4, 0.5) is 0 Å². The fourth-order valence-corrected chi connectivity index (χ4v) is 3.54. The number of hydrogen-bond donors (Lipinski definition) is 0. The van der Waals surface area contributed by atoms with Crippen molar-refractivity contribution in [2.45, 2.75) is 24.7 Å². The van der Waals surface area contributed by atoms with Gasteiger partial charge in [-0.2, -0.15) is 0 Å². The van der Waals surface area contributed by atoms with Gasteiger partial charge in [0.15, 0.2) is 0 Å². The normalized spacial score (nSPS) is 16.0. The molecule has 0 amide bonds. The van der Waals surface area contributed by atoms with Crippen molar-refractivity contribution in [1.29, 1.82) is 0 Å². The summed E-state index contributed by atoms with van der Waals surface area (Å²) >= 11 is 0. The second-order valence-corrected chi connectivity index (χ2v) is 7.23. The Bertz CT molecular complexity index is 774. The lowest BCUT2D eigenvalue weighted by molar-refractivity contribution is -0.117. The van der Waals surface area contributed by atoms with Gasteiger partial charge in [-0.25, -0.2) is 8.42 Å². The number of nitrogens with zero attached hydrogens (tertiary/aromatic N) is 2. The fourth-order valence-electron chi connectivity index (χ4n) is 2.32. The maximum absolute atomic E-state index is 12.4. The summed E-state index contributed by atoms with van der Waals surface area (Å²) in [6, 6.07) is 7.46. The second kappa shape index (κ2) is 6.22. The Morgan fingerprint density at radius 2 is 1.82 bits per heavy atom. The maximum Gasteiger partial charge on any atom is 0.452 e. The summed E-state index contributed by atoms with van der Waals surface area (Å²) in [6.07, 6.45) is 8.24. The number of rotatable bonds is 4. The van der Waals surface area contributed by atoms with Crippen molar-refractivity contribution in [1.82, 2.24) is 0 Å². The molecular weight excluding hydrogens is 300 g/mol. The molecule has 0 bridgehead atoms. The summed E-state index contributed by atoms with van der Waals surface area (Å²) in [5.41, 5.74) is 8.49. The van der Waals surface area contributed by atoms with E-state index in [1.807, 2.05) is 31.2 Å². The highest BCUT2D eigenvalue weighted by Crippen LogP contribution is 2.29. The van der Waals surface area contributed by atoms with Gasteiger partial charge >= 0.3 is 5.04 Å². The van der Waals surface area contributed by atoms with Crippen molar-refractivity contribution < 1.29 is 18.0 Å². The molecule has 0 radical (unpaired) electrons. The number of carbonyl (C=O) groups is 1. The molecule has 0 saturated heterocycles. The molecule has 22 heavy (non-hydrogen) atoms. The molecule has 1 aliphatic carbocycles. The monoisotopic (exact) mass is 316 g/mol.